The number of hydrogen-bond donors (Lipinski definition) is 4. The standard InChI is InChI=1S/C46H86O10/c1-3-5-7-9-11-13-15-17-19-21-22-24-26-28-30-32-34-41(48)53-37-39(38-54-46-45(52)44(51)43(50)40(36-47)56-46)55-42(49)35-33-31-29-27-25-23-20-18-16-14-12-10-8-6-4-2/h10,12,39-40,43-47,50-52H,3-9,11,13-38H2,1-2H3/b12-10+/t39-,40-,43+,44?,45?,46-/m0/s1. The van der Waals surface area contributed by atoms with Gasteiger partial charge in [-0.25, -0.2) is 0 Å². The summed E-state index contributed by atoms with van der Waals surface area (Å²) in [5.74, 6) is -0.798. The lowest BCUT2D eigenvalue weighted by Gasteiger charge is -2.39. The molecule has 0 amide bonds. The van der Waals surface area contributed by atoms with Crippen LogP contribution in [0.2, 0.25) is 0 Å². The lowest BCUT2D eigenvalue weighted by atomic mass is 9.99. The number of aliphatic hydroxyl groups is 4. The number of ether oxygens (including phenoxy) is 4. The van der Waals surface area contributed by atoms with Crippen molar-refractivity contribution in [1.29, 1.82) is 0 Å². The van der Waals surface area contributed by atoms with E-state index < -0.39 is 49.4 Å². The third-order valence-electron chi connectivity index (χ3n) is 10.9. The van der Waals surface area contributed by atoms with Gasteiger partial charge in [0.25, 0.3) is 0 Å². The van der Waals surface area contributed by atoms with Crippen LogP contribution in [0.4, 0.5) is 0 Å². The van der Waals surface area contributed by atoms with Gasteiger partial charge in [-0.2, -0.15) is 0 Å². The van der Waals surface area contributed by atoms with E-state index in [9.17, 15) is 30.0 Å². The summed E-state index contributed by atoms with van der Waals surface area (Å²) in [4.78, 5) is 25.3. The lowest BCUT2D eigenvalue weighted by molar-refractivity contribution is -0.305. The molecular weight excluding hydrogens is 712 g/mol. The predicted molar refractivity (Wildman–Crippen MR) is 224 cm³/mol. The average Bonchev–Trinajstić information content (AvgIpc) is 3.19. The summed E-state index contributed by atoms with van der Waals surface area (Å²) >= 11 is 0. The number of unbranched alkanes of at least 4 members (excludes halogenated alkanes) is 26. The van der Waals surface area contributed by atoms with Crippen molar-refractivity contribution < 1.29 is 49.0 Å². The number of carbonyl (C=O) groups is 2. The van der Waals surface area contributed by atoms with Gasteiger partial charge >= 0.3 is 11.9 Å². The summed E-state index contributed by atoms with van der Waals surface area (Å²) in [6.45, 7) is 3.42. The number of esters is 2. The molecular formula is C46H86O10. The topological polar surface area (TPSA) is 152 Å². The van der Waals surface area contributed by atoms with Gasteiger partial charge in [-0.15, -0.1) is 0 Å². The van der Waals surface area contributed by atoms with Gasteiger partial charge in [0.05, 0.1) is 13.2 Å². The highest BCUT2D eigenvalue weighted by molar-refractivity contribution is 5.70. The molecule has 0 aromatic carbocycles. The van der Waals surface area contributed by atoms with Gasteiger partial charge in [0.1, 0.15) is 31.0 Å². The number of allylic oxidation sites excluding steroid dienone is 2. The average molecular weight is 799 g/mol. The van der Waals surface area contributed by atoms with E-state index in [1.54, 1.807) is 0 Å². The normalized spacial score (nSPS) is 20.4. The highest BCUT2D eigenvalue weighted by atomic mass is 16.7. The van der Waals surface area contributed by atoms with Crippen molar-refractivity contribution in [3.05, 3.63) is 12.2 Å². The van der Waals surface area contributed by atoms with Crippen LogP contribution in [0.3, 0.4) is 0 Å². The fourth-order valence-corrected chi connectivity index (χ4v) is 7.17. The van der Waals surface area contributed by atoms with Crippen molar-refractivity contribution in [3.63, 3.8) is 0 Å². The van der Waals surface area contributed by atoms with Gasteiger partial charge in [0.2, 0.25) is 0 Å². The van der Waals surface area contributed by atoms with Crippen LogP contribution in [0, 0.1) is 0 Å². The molecule has 56 heavy (non-hydrogen) atoms. The van der Waals surface area contributed by atoms with Crippen molar-refractivity contribution >= 4 is 11.9 Å². The highest BCUT2D eigenvalue weighted by Crippen LogP contribution is 2.23. The predicted octanol–water partition coefficient (Wildman–Crippen LogP) is 9.95. The number of carbonyl (C=O) groups excluding carboxylic acids is 2. The molecule has 1 aliphatic rings. The monoisotopic (exact) mass is 799 g/mol. The third-order valence-corrected chi connectivity index (χ3v) is 10.9. The van der Waals surface area contributed by atoms with Crippen molar-refractivity contribution in [2.24, 2.45) is 0 Å². The molecule has 10 heteroatoms. The first-order chi connectivity index (χ1) is 27.3. The minimum Gasteiger partial charge on any atom is -0.462 e. The molecule has 0 radical (unpaired) electrons. The molecule has 0 bridgehead atoms. The van der Waals surface area contributed by atoms with Crippen LogP contribution in [0.1, 0.15) is 213 Å². The molecule has 6 atom stereocenters. The fraction of sp³-hybridized carbons (Fsp3) is 0.913. The van der Waals surface area contributed by atoms with E-state index >= 15 is 0 Å². The van der Waals surface area contributed by atoms with Gasteiger partial charge in [-0.3, -0.25) is 9.59 Å². The molecule has 0 aromatic rings. The Morgan fingerprint density at radius 3 is 1.45 bits per heavy atom. The first-order valence-electron chi connectivity index (χ1n) is 23.3. The third kappa shape index (κ3) is 28.8. The van der Waals surface area contributed by atoms with Gasteiger partial charge < -0.3 is 39.4 Å². The quantitative estimate of drug-likeness (QED) is 0.0269. The summed E-state index contributed by atoms with van der Waals surface area (Å²) in [7, 11) is 0. The lowest BCUT2D eigenvalue weighted by Crippen LogP contribution is -2.59. The highest BCUT2D eigenvalue weighted by Gasteiger charge is 2.44. The fourth-order valence-electron chi connectivity index (χ4n) is 7.17. The zero-order valence-corrected chi connectivity index (χ0v) is 35.9. The molecule has 4 N–H and O–H groups in total. The smallest absolute Gasteiger partial charge is 0.306 e. The molecule has 2 unspecified atom stereocenters. The Bertz CT molecular complexity index is 928. The van der Waals surface area contributed by atoms with Gasteiger partial charge in [-0.1, -0.05) is 180 Å². The van der Waals surface area contributed by atoms with Crippen molar-refractivity contribution in [2.75, 3.05) is 19.8 Å². The Balaban J connectivity index is 2.30. The van der Waals surface area contributed by atoms with Crippen LogP contribution >= 0.6 is 0 Å². The number of aliphatic hydroxyl groups excluding tert-OH is 4. The molecule has 0 saturated carbocycles. The maximum absolute atomic E-state index is 12.8. The second-order valence-corrected chi connectivity index (χ2v) is 16.2. The van der Waals surface area contributed by atoms with E-state index in [1.165, 1.54) is 141 Å². The molecule has 1 heterocycles. The number of hydrogen-bond acceptors (Lipinski definition) is 10. The zero-order valence-electron chi connectivity index (χ0n) is 35.9. The van der Waals surface area contributed by atoms with E-state index in [0.717, 1.165) is 38.5 Å². The minimum absolute atomic E-state index is 0.212. The Morgan fingerprint density at radius 2 is 0.964 bits per heavy atom. The van der Waals surface area contributed by atoms with Gasteiger partial charge in [-0.05, 0) is 32.1 Å². The minimum atomic E-state index is -1.59. The second kappa shape index (κ2) is 37.7. The Labute approximate surface area is 341 Å². The summed E-state index contributed by atoms with van der Waals surface area (Å²) < 4.78 is 22.2. The zero-order chi connectivity index (χ0) is 40.9. The van der Waals surface area contributed by atoms with Crippen molar-refractivity contribution in [3.8, 4) is 0 Å². The molecule has 1 fully saturated rings. The van der Waals surface area contributed by atoms with E-state index in [0.29, 0.717) is 6.42 Å². The maximum Gasteiger partial charge on any atom is 0.306 e. The van der Waals surface area contributed by atoms with E-state index in [2.05, 4.69) is 26.0 Å². The van der Waals surface area contributed by atoms with Crippen LogP contribution in [-0.4, -0.2) is 89.0 Å². The van der Waals surface area contributed by atoms with E-state index in [-0.39, 0.29) is 32.0 Å². The van der Waals surface area contributed by atoms with Crippen LogP contribution in [-0.2, 0) is 28.5 Å². The van der Waals surface area contributed by atoms with Crippen molar-refractivity contribution in [2.45, 2.75) is 250 Å². The van der Waals surface area contributed by atoms with Gasteiger partial charge in [0.15, 0.2) is 12.4 Å². The van der Waals surface area contributed by atoms with Crippen molar-refractivity contribution in [1.82, 2.24) is 0 Å². The van der Waals surface area contributed by atoms with Crippen LogP contribution in [0.15, 0.2) is 12.2 Å². The summed E-state index contributed by atoms with van der Waals surface area (Å²) in [6, 6.07) is 0. The summed E-state index contributed by atoms with van der Waals surface area (Å²) in [5.41, 5.74) is 0. The second-order valence-electron chi connectivity index (χ2n) is 16.2. The van der Waals surface area contributed by atoms with Crippen LogP contribution in [0.5, 0.6) is 0 Å². The van der Waals surface area contributed by atoms with E-state index in [4.69, 9.17) is 18.9 Å². The Hall–Kier alpha value is -1.56. The number of rotatable bonds is 39. The van der Waals surface area contributed by atoms with Crippen LogP contribution in [0.25, 0.3) is 0 Å². The SMILES string of the molecule is CCCC/C=C/CCCCCCCCCCCC(=O)O[C@@H](COC(=O)CCCCCCCCCCCCCCCCCC)CO[C@H]1O[C@@H](CO)[C@@H](O)C(O)C1O. The summed E-state index contributed by atoms with van der Waals surface area (Å²) in [6.07, 6.45) is 32.1. The molecule has 10 nitrogen and oxygen atoms in total. The van der Waals surface area contributed by atoms with Crippen LogP contribution < -0.4 is 0 Å². The van der Waals surface area contributed by atoms with E-state index in [1.807, 2.05) is 0 Å². The molecule has 1 rings (SSSR count). The molecule has 330 valence electrons. The Morgan fingerprint density at radius 1 is 0.536 bits per heavy atom. The molecule has 0 aromatic heterocycles. The molecule has 1 saturated heterocycles. The largest absolute Gasteiger partial charge is 0.462 e. The Kier molecular flexibility index (Phi) is 35.3. The maximum atomic E-state index is 12.8. The molecule has 1 aliphatic heterocycles. The molecule has 0 spiro atoms. The van der Waals surface area contributed by atoms with Gasteiger partial charge in [0, 0.05) is 12.8 Å². The summed E-state index contributed by atoms with van der Waals surface area (Å²) in [5, 5.41) is 40.1. The first kappa shape index (κ1) is 52.5. The first-order valence-corrected chi connectivity index (χ1v) is 23.3. The molecule has 0 aliphatic carbocycles.